The van der Waals surface area contributed by atoms with Crippen molar-refractivity contribution in [3.63, 3.8) is 0 Å². The van der Waals surface area contributed by atoms with E-state index in [2.05, 4.69) is 28.9 Å². The van der Waals surface area contributed by atoms with E-state index in [0.29, 0.717) is 12.3 Å². The number of fused-ring (bicyclic) bond motifs is 1. The molecule has 2 nitrogen and oxygen atoms in total. The number of hydrogen-bond acceptors (Lipinski definition) is 2. The van der Waals surface area contributed by atoms with Gasteiger partial charge in [-0.15, -0.1) is 0 Å². The first-order valence-corrected chi connectivity index (χ1v) is 6.67. The quantitative estimate of drug-likeness (QED) is 0.876. The zero-order valence-corrected chi connectivity index (χ0v) is 11.2. The van der Waals surface area contributed by atoms with E-state index in [9.17, 15) is 5.11 Å². The summed E-state index contributed by atoms with van der Waals surface area (Å²) < 4.78 is 0.889. The molecule has 1 unspecified atom stereocenters. The monoisotopic (exact) mass is 283 g/mol. The van der Waals surface area contributed by atoms with Crippen LogP contribution in [0.25, 0.3) is 0 Å². The van der Waals surface area contributed by atoms with Gasteiger partial charge in [-0.25, -0.2) is 0 Å². The first-order chi connectivity index (χ1) is 7.65. The van der Waals surface area contributed by atoms with E-state index < -0.39 is 0 Å². The Bertz CT molecular complexity index is 403. The molecule has 1 aromatic carbocycles. The van der Waals surface area contributed by atoms with Gasteiger partial charge in [-0.05, 0) is 70.8 Å². The van der Waals surface area contributed by atoms with Gasteiger partial charge >= 0.3 is 0 Å². The molecule has 0 spiro atoms. The highest BCUT2D eigenvalue weighted by Gasteiger charge is 2.20. The normalized spacial score (nSPS) is 16.9. The van der Waals surface area contributed by atoms with Gasteiger partial charge in [0.25, 0.3) is 0 Å². The number of nitrogens with two attached hydrogens (primary N) is 1. The molecule has 88 valence electrons. The average Bonchev–Trinajstić information content (AvgIpc) is 2.33. The van der Waals surface area contributed by atoms with Gasteiger partial charge in [0.05, 0.1) is 4.47 Å². The molecule has 0 aromatic heterocycles. The molecule has 0 fully saturated rings. The summed E-state index contributed by atoms with van der Waals surface area (Å²) in [6.45, 7) is 2.62. The van der Waals surface area contributed by atoms with Crippen LogP contribution in [-0.2, 0) is 12.8 Å². The highest BCUT2D eigenvalue weighted by atomic mass is 79.9. The Labute approximate surface area is 105 Å². The van der Waals surface area contributed by atoms with E-state index in [-0.39, 0.29) is 5.92 Å². The maximum absolute atomic E-state index is 10.2. The van der Waals surface area contributed by atoms with E-state index in [1.807, 2.05) is 0 Å². The summed E-state index contributed by atoms with van der Waals surface area (Å²) >= 11 is 3.52. The van der Waals surface area contributed by atoms with Crippen molar-refractivity contribution in [1.82, 2.24) is 0 Å². The lowest BCUT2D eigenvalue weighted by molar-refractivity contribution is 0.457. The predicted molar refractivity (Wildman–Crippen MR) is 69.9 cm³/mol. The van der Waals surface area contributed by atoms with Gasteiger partial charge in [-0.2, -0.15) is 0 Å². The van der Waals surface area contributed by atoms with Crippen molar-refractivity contribution in [2.75, 3.05) is 6.54 Å². The molecule has 0 heterocycles. The third-order valence-electron chi connectivity index (χ3n) is 3.47. The highest BCUT2D eigenvalue weighted by molar-refractivity contribution is 9.10. The minimum absolute atomic E-state index is 0.212. The molecule has 1 aliphatic rings. The summed E-state index contributed by atoms with van der Waals surface area (Å²) in [6.07, 6.45) is 4.66. The molecule has 16 heavy (non-hydrogen) atoms. The average molecular weight is 284 g/mol. The van der Waals surface area contributed by atoms with Crippen LogP contribution in [0.1, 0.15) is 42.4 Å². The van der Waals surface area contributed by atoms with Crippen LogP contribution in [0.2, 0.25) is 0 Å². The van der Waals surface area contributed by atoms with Crippen LogP contribution in [0.15, 0.2) is 10.5 Å². The Kier molecular flexibility index (Phi) is 3.55. The number of hydrogen-bond donors (Lipinski definition) is 2. The van der Waals surface area contributed by atoms with Crippen molar-refractivity contribution in [1.29, 1.82) is 0 Å². The van der Waals surface area contributed by atoms with Gasteiger partial charge in [-0.3, -0.25) is 0 Å². The second-order valence-electron chi connectivity index (χ2n) is 4.61. The topological polar surface area (TPSA) is 46.2 Å². The fourth-order valence-corrected chi connectivity index (χ4v) is 3.05. The summed E-state index contributed by atoms with van der Waals surface area (Å²) in [7, 11) is 0. The summed E-state index contributed by atoms with van der Waals surface area (Å²) in [4.78, 5) is 0. The van der Waals surface area contributed by atoms with Gasteiger partial charge in [0, 0.05) is 0 Å². The lowest BCUT2D eigenvalue weighted by atomic mass is 9.87. The fraction of sp³-hybridized carbons (Fsp3) is 0.538. The van der Waals surface area contributed by atoms with Crippen LogP contribution in [0.4, 0.5) is 0 Å². The lowest BCUT2D eigenvalue weighted by Crippen LogP contribution is -2.12. The van der Waals surface area contributed by atoms with E-state index in [1.54, 1.807) is 0 Å². The van der Waals surface area contributed by atoms with Crippen molar-refractivity contribution in [2.24, 2.45) is 5.73 Å². The molecule has 0 radical (unpaired) electrons. The van der Waals surface area contributed by atoms with Crippen LogP contribution in [0.5, 0.6) is 5.75 Å². The second kappa shape index (κ2) is 4.76. The molecular weight excluding hydrogens is 266 g/mol. The Morgan fingerprint density at radius 2 is 2.12 bits per heavy atom. The Hall–Kier alpha value is -0.540. The molecule has 3 heteroatoms. The largest absolute Gasteiger partial charge is 0.506 e. The molecule has 1 aliphatic carbocycles. The third-order valence-corrected chi connectivity index (χ3v) is 4.33. The van der Waals surface area contributed by atoms with Crippen LogP contribution in [0, 0.1) is 0 Å². The van der Waals surface area contributed by atoms with Crippen molar-refractivity contribution in [3.05, 3.63) is 27.2 Å². The highest BCUT2D eigenvalue weighted by Crippen LogP contribution is 2.40. The van der Waals surface area contributed by atoms with Crippen molar-refractivity contribution >= 4 is 15.9 Å². The fourth-order valence-electron chi connectivity index (χ4n) is 2.37. The first kappa shape index (κ1) is 11.9. The van der Waals surface area contributed by atoms with Gasteiger partial charge in [-0.1, -0.05) is 13.0 Å². The van der Waals surface area contributed by atoms with Crippen molar-refractivity contribution in [2.45, 2.75) is 38.5 Å². The maximum atomic E-state index is 10.2. The molecule has 1 atom stereocenters. The molecule has 1 aromatic rings. The standard InChI is InChI=1S/C13H18BrNO/c1-8(7-15)11-6-9-4-2-3-5-10(9)12(14)13(11)16/h6,8,16H,2-5,7,15H2,1H3. The minimum Gasteiger partial charge on any atom is -0.506 e. The summed E-state index contributed by atoms with van der Waals surface area (Å²) in [6, 6.07) is 2.14. The summed E-state index contributed by atoms with van der Waals surface area (Å²) in [5.74, 6) is 0.599. The molecular formula is C13H18BrNO. The van der Waals surface area contributed by atoms with Crippen LogP contribution in [0.3, 0.4) is 0 Å². The van der Waals surface area contributed by atoms with Gasteiger partial charge in [0.1, 0.15) is 5.75 Å². The van der Waals surface area contributed by atoms with E-state index in [4.69, 9.17) is 5.73 Å². The number of aromatic hydroxyl groups is 1. The number of benzene rings is 1. The number of halogens is 1. The Morgan fingerprint density at radius 3 is 2.81 bits per heavy atom. The summed E-state index contributed by atoms with van der Waals surface area (Å²) in [5.41, 5.74) is 9.32. The van der Waals surface area contributed by atoms with E-state index in [1.165, 1.54) is 24.0 Å². The van der Waals surface area contributed by atoms with Crippen molar-refractivity contribution in [3.8, 4) is 5.75 Å². The molecule has 2 rings (SSSR count). The van der Waals surface area contributed by atoms with Crippen LogP contribution in [-0.4, -0.2) is 11.7 Å². The molecule has 0 saturated carbocycles. The van der Waals surface area contributed by atoms with E-state index in [0.717, 1.165) is 22.9 Å². The predicted octanol–water partition coefficient (Wildman–Crippen LogP) is 3.10. The zero-order valence-electron chi connectivity index (χ0n) is 9.59. The number of phenolic OH excluding ortho intramolecular Hbond substituents is 1. The van der Waals surface area contributed by atoms with E-state index >= 15 is 0 Å². The van der Waals surface area contributed by atoms with Gasteiger partial charge in [0.2, 0.25) is 0 Å². The maximum Gasteiger partial charge on any atom is 0.133 e. The molecule has 0 aliphatic heterocycles. The first-order valence-electron chi connectivity index (χ1n) is 5.88. The zero-order chi connectivity index (χ0) is 11.7. The molecule has 0 amide bonds. The van der Waals surface area contributed by atoms with Gasteiger partial charge in [0.15, 0.2) is 0 Å². The SMILES string of the molecule is CC(CN)c1cc2c(c(Br)c1O)CCCC2. The smallest absolute Gasteiger partial charge is 0.133 e. The number of aryl methyl sites for hydroxylation is 1. The summed E-state index contributed by atoms with van der Waals surface area (Å²) in [5, 5.41) is 10.2. The third kappa shape index (κ3) is 1.98. The Morgan fingerprint density at radius 1 is 1.44 bits per heavy atom. The number of rotatable bonds is 2. The lowest BCUT2D eigenvalue weighted by Gasteiger charge is -2.22. The van der Waals surface area contributed by atoms with Crippen molar-refractivity contribution < 1.29 is 5.11 Å². The molecule has 0 saturated heterocycles. The minimum atomic E-state index is 0.212. The number of phenols is 1. The van der Waals surface area contributed by atoms with Crippen LogP contribution < -0.4 is 5.73 Å². The second-order valence-corrected chi connectivity index (χ2v) is 5.40. The van der Waals surface area contributed by atoms with Gasteiger partial charge < -0.3 is 10.8 Å². The van der Waals surface area contributed by atoms with Crippen LogP contribution >= 0.6 is 15.9 Å². The Balaban J connectivity index is 2.52. The molecule has 0 bridgehead atoms. The molecule has 3 N–H and O–H groups in total.